The largest absolute Gasteiger partial charge is 0.432 e. The van der Waals surface area contributed by atoms with Gasteiger partial charge in [0, 0.05) is 0 Å². The first-order valence-corrected chi connectivity index (χ1v) is 4.04. The summed E-state index contributed by atoms with van der Waals surface area (Å²) in [6.07, 6.45) is 0.571. The van der Waals surface area contributed by atoms with Crippen LogP contribution in [0.4, 0.5) is 13.2 Å². The molecule has 1 rings (SSSR count). The average Bonchev–Trinajstić information content (AvgIpc) is 2.34. The molecule has 1 heterocycles. The number of hydrogen-bond donors (Lipinski definition) is 0. The van der Waals surface area contributed by atoms with Gasteiger partial charge in [0.15, 0.2) is 0 Å². The van der Waals surface area contributed by atoms with Crippen LogP contribution in [-0.4, -0.2) is 23.5 Å². The Morgan fingerprint density at radius 3 is 2.83 bits per heavy atom. The minimum Gasteiger partial charge on any atom is -0.346 e. The zero-order valence-electron chi connectivity index (χ0n) is 5.98. The normalized spacial score (nSPS) is 17.5. The topological polar surface area (TPSA) is 3.24 Å². The molecule has 0 amide bonds. The van der Waals surface area contributed by atoms with Crippen molar-refractivity contribution in [2.75, 3.05) is 12.4 Å². The molecular weight excluding hydrogens is 187 g/mol. The van der Waals surface area contributed by atoms with E-state index in [1.807, 2.05) is 0 Å². The van der Waals surface area contributed by atoms with Crippen LogP contribution in [0.5, 0.6) is 0 Å². The van der Waals surface area contributed by atoms with Crippen LogP contribution in [0.3, 0.4) is 0 Å². The van der Waals surface area contributed by atoms with E-state index in [0.717, 1.165) is 16.7 Å². The van der Waals surface area contributed by atoms with Gasteiger partial charge in [-0.3, -0.25) is 0 Å². The third-order valence-electron chi connectivity index (χ3n) is 1.26. The summed E-state index contributed by atoms with van der Waals surface area (Å²) < 4.78 is 36.3. The van der Waals surface area contributed by atoms with Crippen molar-refractivity contribution in [2.45, 2.75) is 6.18 Å². The first-order valence-electron chi connectivity index (χ1n) is 3.06. The molecule has 0 N–H and O–H groups in total. The van der Waals surface area contributed by atoms with E-state index in [1.54, 1.807) is 0 Å². The fourth-order valence-electron chi connectivity index (χ4n) is 0.780. The van der Waals surface area contributed by atoms with Crippen molar-refractivity contribution in [3.8, 4) is 12.3 Å². The Labute approximate surface area is 72.6 Å². The Morgan fingerprint density at radius 1 is 1.67 bits per heavy atom. The van der Waals surface area contributed by atoms with Gasteiger partial charge in [-0.1, -0.05) is 5.92 Å². The Kier molecular flexibility index (Phi) is 2.58. The quantitative estimate of drug-likeness (QED) is 0.583. The van der Waals surface area contributed by atoms with E-state index in [4.69, 9.17) is 6.42 Å². The number of nitrogens with zero attached hydrogens (tertiary/aromatic N) is 1. The average molecular weight is 192 g/mol. The van der Waals surface area contributed by atoms with Gasteiger partial charge in [-0.05, 0) is 0 Å². The Bertz CT molecular complexity index is 238. The molecule has 1 nitrogen and oxygen atoms in total. The van der Waals surface area contributed by atoms with Crippen LogP contribution < -0.4 is 0 Å². The highest BCUT2D eigenvalue weighted by Crippen LogP contribution is 2.34. The molecule has 1 aliphatic heterocycles. The van der Waals surface area contributed by atoms with Gasteiger partial charge >= 0.3 is 6.18 Å². The van der Waals surface area contributed by atoms with Crippen molar-refractivity contribution in [3.63, 3.8) is 0 Å². The van der Waals surface area contributed by atoms with Gasteiger partial charge in [-0.25, -0.2) is 0 Å². The van der Waals surface area contributed by atoms with Gasteiger partial charge in [-0.15, -0.1) is 18.2 Å². The molecule has 0 spiro atoms. The lowest BCUT2D eigenvalue weighted by molar-refractivity contribution is -0.108. The second-order valence-corrected chi connectivity index (χ2v) is 2.87. The number of rotatable bonds is 1. The Hall–Kier alpha value is -0.760. The molecule has 0 saturated heterocycles. The van der Waals surface area contributed by atoms with Crippen LogP contribution in [0.2, 0.25) is 0 Å². The summed E-state index contributed by atoms with van der Waals surface area (Å²) in [6, 6.07) is 0. The van der Waals surface area contributed by atoms with Gasteiger partial charge in [-0.2, -0.15) is 13.2 Å². The van der Waals surface area contributed by atoms with Crippen LogP contribution in [-0.2, 0) is 0 Å². The molecule has 0 aromatic heterocycles. The lowest BCUT2D eigenvalue weighted by Crippen LogP contribution is -2.28. The summed E-state index contributed by atoms with van der Waals surface area (Å²) in [5, 5.41) is 2.17. The standard InChI is InChI=1S/C7H5F3NS/c1-2-3-11-5-12-4-6(11)7(8,9)10/h1H,3,5H2. The van der Waals surface area contributed by atoms with E-state index in [0.29, 0.717) is 0 Å². The molecule has 1 aliphatic rings. The summed E-state index contributed by atoms with van der Waals surface area (Å²) in [5.41, 5.74) is -0.759. The maximum Gasteiger partial charge on any atom is 0.432 e. The summed E-state index contributed by atoms with van der Waals surface area (Å²) in [5.74, 6) is 2.40. The second kappa shape index (κ2) is 3.31. The van der Waals surface area contributed by atoms with Crippen LogP contribution in [0.15, 0.2) is 5.70 Å². The summed E-state index contributed by atoms with van der Waals surface area (Å²) >= 11 is 0.980. The van der Waals surface area contributed by atoms with Gasteiger partial charge in [0.05, 0.1) is 17.8 Å². The molecular formula is C7H5F3NS. The molecule has 0 aliphatic carbocycles. The van der Waals surface area contributed by atoms with E-state index in [9.17, 15) is 13.2 Å². The molecule has 0 aromatic rings. The maximum atomic E-state index is 12.1. The van der Waals surface area contributed by atoms with Crippen LogP contribution >= 0.6 is 11.8 Å². The first-order chi connectivity index (χ1) is 5.55. The number of allylic oxidation sites excluding steroid dienone is 1. The predicted molar refractivity (Wildman–Crippen MR) is 40.8 cm³/mol. The van der Waals surface area contributed by atoms with Crippen LogP contribution in [0.1, 0.15) is 0 Å². The summed E-state index contributed by atoms with van der Waals surface area (Å²) in [6.45, 7) is -0.0190. The minimum atomic E-state index is -4.33. The predicted octanol–water partition coefficient (Wildman–Crippen LogP) is 1.83. The van der Waals surface area contributed by atoms with Gasteiger partial charge in [0.25, 0.3) is 0 Å². The van der Waals surface area contributed by atoms with Crippen molar-refractivity contribution in [3.05, 3.63) is 11.1 Å². The number of terminal acetylenes is 1. The smallest absolute Gasteiger partial charge is 0.346 e. The molecule has 12 heavy (non-hydrogen) atoms. The van der Waals surface area contributed by atoms with E-state index in [-0.39, 0.29) is 12.4 Å². The minimum absolute atomic E-state index is 0.0190. The fraction of sp³-hybridized carbons (Fsp3) is 0.429. The maximum absolute atomic E-state index is 12.1. The monoisotopic (exact) mass is 192 g/mol. The number of halogens is 3. The van der Waals surface area contributed by atoms with E-state index in [1.165, 1.54) is 0 Å². The van der Waals surface area contributed by atoms with Crippen molar-refractivity contribution >= 4 is 11.8 Å². The van der Waals surface area contributed by atoms with Crippen molar-refractivity contribution in [1.82, 2.24) is 4.90 Å². The highest BCUT2D eigenvalue weighted by Gasteiger charge is 2.39. The fourth-order valence-corrected chi connectivity index (χ4v) is 1.60. The SMILES string of the molecule is C#CCN1CS[C]=C1C(F)(F)F. The number of alkyl halides is 3. The highest BCUT2D eigenvalue weighted by molar-refractivity contribution is 8.01. The van der Waals surface area contributed by atoms with Crippen molar-refractivity contribution < 1.29 is 13.2 Å². The Balaban J connectivity index is 2.71. The summed E-state index contributed by atoms with van der Waals surface area (Å²) in [7, 11) is 0. The molecule has 0 fully saturated rings. The first kappa shape index (κ1) is 9.33. The molecule has 0 aromatic carbocycles. The highest BCUT2D eigenvalue weighted by atomic mass is 32.2. The molecule has 0 atom stereocenters. The van der Waals surface area contributed by atoms with Gasteiger partial charge < -0.3 is 4.90 Å². The molecule has 65 valence electrons. The van der Waals surface area contributed by atoms with E-state index in [2.05, 4.69) is 11.3 Å². The van der Waals surface area contributed by atoms with E-state index < -0.39 is 11.9 Å². The molecule has 0 saturated carbocycles. The number of hydrogen-bond acceptors (Lipinski definition) is 2. The third kappa shape index (κ3) is 1.89. The third-order valence-corrected chi connectivity index (χ3v) is 2.03. The zero-order valence-corrected chi connectivity index (χ0v) is 6.80. The van der Waals surface area contributed by atoms with E-state index >= 15 is 0 Å². The molecule has 5 heteroatoms. The lowest BCUT2D eigenvalue weighted by Gasteiger charge is -2.19. The van der Waals surface area contributed by atoms with Gasteiger partial charge in [0.2, 0.25) is 0 Å². The molecule has 0 bridgehead atoms. The molecule has 0 unspecified atom stereocenters. The molecule has 1 radical (unpaired) electrons. The second-order valence-electron chi connectivity index (χ2n) is 2.12. The van der Waals surface area contributed by atoms with Crippen molar-refractivity contribution in [2.24, 2.45) is 0 Å². The zero-order chi connectivity index (χ0) is 9.19. The summed E-state index contributed by atoms with van der Waals surface area (Å²) in [4.78, 5) is 1.07. The van der Waals surface area contributed by atoms with Crippen LogP contribution in [0, 0.1) is 17.8 Å². The Morgan fingerprint density at radius 2 is 2.33 bits per heavy atom. The van der Waals surface area contributed by atoms with Crippen LogP contribution in [0.25, 0.3) is 0 Å². The van der Waals surface area contributed by atoms with Crippen molar-refractivity contribution in [1.29, 1.82) is 0 Å². The lowest BCUT2D eigenvalue weighted by atomic mass is 10.4. The number of thioether (sulfide) groups is 1. The van der Waals surface area contributed by atoms with Gasteiger partial charge in [0.1, 0.15) is 5.70 Å².